The third-order valence-corrected chi connectivity index (χ3v) is 6.62. The molecule has 0 spiro atoms. The number of carbonyl (C=O) groups is 2. The van der Waals surface area contributed by atoms with E-state index in [-0.39, 0.29) is 22.7 Å². The Balaban J connectivity index is 1.52. The number of hydrogen-bond donors (Lipinski definition) is 1. The molecule has 4 nitrogen and oxygen atoms in total. The van der Waals surface area contributed by atoms with Gasteiger partial charge in [0.25, 0.3) is 0 Å². The number of hydrogen-bond acceptors (Lipinski definition) is 3. The van der Waals surface area contributed by atoms with Crippen LogP contribution in [-0.2, 0) is 22.4 Å². The zero-order chi connectivity index (χ0) is 15.3. The molecule has 22 heavy (non-hydrogen) atoms. The Morgan fingerprint density at radius 3 is 3.00 bits per heavy atom. The highest BCUT2D eigenvalue weighted by molar-refractivity contribution is 8.01. The van der Waals surface area contributed by atoms with Crippen LogP contribution in [0.15, 0.2) is 18.2 Å². The molecule has 0 radical (unpaired) electrons. The predicted octanol–water partition coefficient (Wildman–Crippen LogP) is 2.57. The summed E-state index contributed by atoms with van der Waals surface area (Å²) in [5, 5.41) is 3.02. The molecular weight excluding hydrogens is 296 g/mol. The molecule has 2 amide bonds. The second-order valence-electron chi connectivity index (χ2n) is 6.59. The number of carbonyl (C=O) groups excluding carboxylic acids is 2. The molecule has 5 heteroatoms. The SMILES string of the molecule is C[C@@]12CCC(=O)N1[C@H](C(=O)Nc1ccc3c(c1)CCC3)CS2. The van der Waals surface area contributed by atoms with Crippen molar-refractivity contribution in [2.24, 2.45) is 0 Å². The first-order valence-corrected chi connectivity index (χ1v) is 8.94. The Kier molecular flexibility index (Phi) is 3.22. The molecule has 116 valence electrons. The molecule has 4 rings (SSSR count). The van der Waals surface area contributed by atoms with Crippen molar-refractivity contribution < 1.29 is 9.59 Å². The first-order valence-electron chi connectivity index (χ1n) is 7.96. The van der Waals surface area contributed by atoms with Gasteiger partial charge in [0, 0.05) is 17.9 Å². The van der Waals surface area contributed by atoms with Crippen molar-refractivity contribution in [1.29, 1.82) is 0 Å². The number of nitrogens with zero attached hydrogens (tertiary/aromatic N) is 1. The number of aryl methyl sites for hydroxylation is 2. The van der Waals surface area contributed by atoms with Gasteiger partial charge in [-0.05, 0) is 55.9 Å². The van der Waals surface area contributed by atoms with Gasteiger partial charge in [-0.3, -0.25) is 9.59 Å². The van der Waals surface area contributed by atoms with E-state index < -0.39 is 0 Å². The summed E-state index contributed by atoms with van der Waals surface area (Å²) in [5.41, 5.74) is 3.60. The molecule has 0 aromatic heterocycles. The highest BCUT2D eigenvalue weighted by Crippen LogP contribution is 2.47. The normalized spacial score (nSPS) is 29.6. The van der Waals surface area contributed by atoms with Crippen molar-refractivity contribution >= 4 is 29.3 Å². The number of amides is 2. The average molecular weight is 316 g/mol. The Labute approximate surface area is 134 Å². The van der Waals surface area contributed by atoms with E-state index in [1.165, 1.54) is 17.5 Å². The summed E-state index contributed by atoms with van der Waals surface area (Å²) in [6.45, 7) is 2.07. The second-order valence-corrected chi connectivity index (χ2v) is 8.09. The minimum Gasteiger partial charge on any atom is -0.324 e. The highest BCUT2D eigenvalue weighted by atomic mass is 32.2. The molecule has 2 atom stereocenters. The zero-order valence-corrected chi connectivity index (χ0v) is 13.5. The standard InChI is InChI=1S/C17H20N2O2S/c1-17-8-7-15(20)19(17)14(10-22-17)16(21)18-13-6-5-11-3-2-4-12(11)9-13/h5-6,9,14H,2-4,7-8,10H2,1H3,(H,18,21)/t14-,17+/m0/s1. The van der Waals surface area contributed by atoms with Crippen molar-refractivity contribution in [3.8, 4) is 0 Å². The molecule has 0 saturated carbocycles. The van der Waals surface area contributed by atoms with Crippen LogP contribution >= 0.6 is 11.8 Å². The smallest absolute Gasteiger partial charge is 0.248 e. The quantitative estimate of drug-likeness (QED) is 0.912. The number of nitrogens with one attached hydrogen (secondary N) is 1. The maximum atomic E-state index is 12.6. The number of benzene rings is 1. The summed E-state index contributed by atoms with van der Waals surface area (Å²) in [6.07, 6.45) is 4.85. The van der Waals surface area contributed by atoms with E-state index in [0.717, 1.165) is 24.9 Å². The lowest BCUT2D eigenvalue weighted by atomic mass is 10.1. The Bertz CT molecular complexity index is 660. The lowest BCUT2D eigenvalue weighted by Gasteiger charge is -2.29. The summed E-state index contributed by atoms with van der Waals surface area (Å²) >= 11 is 1.73. The maximum absolute atomic E-state index is 12.6. The number of thioether (sulfide) groups is 1. The predicted molar refractivity (Wildman–Crippen MR) is 87.8 cm³/mol. The van der Waals surface area contributed by atoms with Crippen LogP contribution in [0.25, 0.3) is 0 Å². The van der Waals surface area contributed by atoms with Crippen LogP contribution in [0.4, 0.5) is 5.69 Å². The zero-order valence-electron chi connectivity index (χ0n) is 12.7. The minimum atomic E-state index is -0.335. The molecule has 1 N–H and O–H groups in total. The van der Waals surface area contributed by atoms with Crippen molar-refractivity contribution in [2.75, 3.05) is 11.1 Å². The van der Waals surface area contributed by atoms with E-state index in [1.54, 1.807) is 16.7 Å². The molecule has 2 heterocycles. The number of fused-ring (bicyclic) bond motifs is 2. The molecule has 2 fully saturated rings. The van der Waals surface area contributed by atoms with Crippen molar-refractivity contribution in [3.63, 3.8) is 0 Å². The van der Waals surface area contributed by atoms with Gasteiger partial charge in [-0.15, -0.1) is 11.8 Å². The molecular formula is C17H20N2O2S. The molecule has 2 saturated heterocycles. The molecule has 0 bridgehead atoms. The Morgan fingerprint density at radius 2 is 2.14 bits per heavy atom. The highest BCUT2D eigenvalue weighted by Gasteiger charge is 2.52. The van der Waals surface area contributed by atoms with Crippen molar-refractivity contribution in [2.45, 2.75) is 49.9 Å². The van der Waals surface area contributed by atoms with Crippen LogP contribution in [0.2, 0.25) is 0 Å². The van der Waals surface area contributed by atoms with Crippen LogP contribution < -0.4 is 5.32 Å². The molecule has 0 unspecified atom stereocenters. The van der Waals surface area contributed by atoms with E-state index in [0.29, 0.717) is 12.2 Å². The third-order valence-electron chi connectivity index (χ3n) is 5.11. The number of rotatable bonds is 2. The van der Waals surface area contributed by atoms with E-state index in [9.17, 15) is 9.59 Å². The van der Waals surface area contributed by atoms with Gasteiger partial charge in [-0.2, -0.15) is 0 Å². The van der Waals surface area contributed by atoms with Crippen LogP contribution in [0, 0.1) is 0 Å². The summed E-state index contributed by atoms with van der Waals surface area (Å²) < 4.78 is 0. The Morgan fingerprint density at radius 1 is 1.32 bits per heavy atom. The number of anilines is 1. The second kappa shape index (κ2) is 5.01. The summed E-state index contributed by atoms with van der Waals surface area (Å²) in [7, 11) is 0. The monoisotopic (exact) mass is 316 g/mol. The van der Waals surface area contributed by atoms with Gasteiger partial charge < -0.3 is 10.2 Å². The topological polar surface area (TPSA) is 49.4 Å². The van der Waals surface area contributed by atoms with Crippen LogP contribution in [0.3, 0.4) is 0 Å². The first kappa shape index (κ1) is 14.1. The third kappa shape index (κ3) is 2.14. The first-order chi connectivity index (χ1) is 10.6. The largest absolute Gasteiger partial charge is 0.324 e. The molecule has 1 aromatic carbocycles. The lowest BCUT2D eigenvalue weighted by Crippen LogP contribution is -2.48. The van der Waals surface area contributed by atoms with E-state index >= 15 is 0 Å². The van der Waals surface area contributed by atoms with Crippen molar-refractivity contribution in [1.82, 2.24) is 4.90 Å². The van der Waals surface area contributed by atoms with Crippen molar-refractivity contribution in [3.05, 3.63) is 29.3 Å². The van der Waals surface area contributed by atoms with Gasteiger partial charge in [0.05, 0.1) is 4.87 Å². The molecule has 2 aliphatic heterocycles. The fourth-order valence-corrected chi connectivity index (χ4v) is 5.32. The lowest BCUT2D eigenvalue weighted by molar-refractivity contribution is -0.135. The van der Waals surface area contributed by atoms with Gasteiger partial charge in [0.1, 0.15) is 6.04 Å². The van der Waals surface area contributed by atoms with Crippen LogP contribution in [-0.4, -0.2) is 33.4 Å². The van der Waals surface area contributed by atoms with Gasteiger partial charge in [-0.1, -0.05) is 6.07 Å². The van der Waals surface area contributed by atoms with Gasteiger partial charge in [-0.25, -0.2) is 0 Å². The van der Waals surface area contributed by atoms with Gasteiger partial charge in [0.2, 0.25) is 11.8 Å². The van der Waals surface area contributed by atoms with Gasteiger partial charge in [0.15, 0.2) is 0 Å². The summed E-state index contributed by atoms with van der Waals surface area (Å²) in [5.74, 6) is 0.755. The molecule has 3 aliphatic rings. The molecule has 1 aliphatic carbocycles. The molecule has 1 aromatic rings. The Hall–Kier alpha value is -1.49. The minimum absolute atomic E-state index is 0.0515. The summed E-state index contributed by atoms with van der Waals surface area (Å²) in [6, 6.07) is 5.85. The van der Waals surface area contributed by atoms with Gasteiger partial charge >= 0.3 is 0 Å². The van der Waals surface area contributed by atoms with E-state index in [2.05, 4.69) is 24.4 Å². The fraction of sp³-hybridized carbons (Fsp3) is 0.529. The summed E-state index contributed by atoms with van der Waals surface area (Å²) in [4.78, 5) is 26.4. The van der Waals surface area contributed by atoms with E-state index in [1.807, 2.05) is 6.07 Å². The average Bonchev–Trinajstić information content (AvgIpc) is 3.15. The van der Waals surface area contributed by atoms with E-state index in [4.69, 9.17) is 0 Å². The van der Waals surface area contributed by atoms with Crippen LogP contribution in [0.1, 0.15) is 37.3 Å². The maximum Gasteiger partial charge on any atom is 0.248 e. The fourth-order valence-electron chi connectivity index (χ4n) is 3.89. The van der Waals surface area contributed by atoms with Crippen LogP contribution in [0.5, 0.6) is 0 Å².